The van der Waals surface area contributed by atoms with Crippen molar-refractivity contribution in [2.24, 2.45) is 11.7 Å². The molecule has 0 aromatic heterocycles. The summed E-state index contributed by atoms with van der Waals surface area (Å²) in [5.41, 5.74) is 8.85. The highest BCUT2D eigenvalue weighted by Crippen LogP contribution is 2.42. The highest BCUT2D eigenvalue weighted by Gasteiger charge is 2.33. The number of fused-ring (bicyclic) bond motifs is 5. The maximum Gasteiger partial charge on any atom is 0.233 e. The molecule has 0 saturated heterocycles. The van der Waals surface area contributed by atoms with Crippen molar-refractivity contribution in [3.8, 4) is 5.75 Å². The number of benzene rings is 2. The molecule has 0 saturated carbocycles. The number of rotatable bonds is 4. The molecule has 0 unspecified atom stereocenters. The minimum Gasteiger partial charge on any atom is -0.497 e. The molecule has 0 spiro atoms. The second-order valence-electron chi connectivity index (χ2n) is 9.46. The number of methoxy groups -OCH3 is 1. The Morgan fingerprint density at radius 1 is 1.17 bits per heavy atom. The number of hydrogen-bond donors (Lipinski definition) is 4. The van der Waals surface area contributed by atoms with E-state index in [2.05, 4.69) is 16.7 Å². The quantitative estimate of drug-likeness (QED) is 0.382. The monoisotopic (exact) mass is 493 g/mol. The number of aliphatic hydroxyl groups is 1. The summed E-state index contributed by atoms with van der Waals surface area (Å²) in [7, 11) is 1.65. The smallest absolute Gasteiger partial charge is 0.233 e. The van der Waals surface area contributed by atoms with Crippen molar-refractivity contribution >= 4 is 11.8 Å². The average Bonchev–Trinajstić information content (AvgIpc) is 3.22. The van der Waals surface area contributed by atoms with E-state index >= 15 is 0 Å². The van der Waals surface area contributed by atoms with Crippen molar-refractivity contribution < 1.29 is 24.2 Å². The Morgan fingerprint density at radius 2 is 1.97 bits per heavy atom. The number of β-amino-alcohol motifs (C(OH)–C–C–N with tert-alkyl or cyclic N) is 1. The number of primary amides is 1. The molecule has 192 valence electrons. The number of nitrogens with two attached hydrogens (primary N) is 1. The zero-order valence-corrected chi connectivity index (χ0v) is 20.6. The van der Waals surface area contributed by atoms with E-state index in [0.717, 1.165) is 23.3 Å². The number of carbonyl (C=O) groups is 2. The van der Waals surface area contributed by atoms with Gasteiger partial charge in [-0.2, -0.15) is 0 Å². The Morgan fingerprint density at radius 3 is 2.72 bits per heavy atom. The van der Waals surface area contributed by atoms with Crippen molar-refractivity contribution in [3.63, 3.8) is 0 Å². The lowest BCUT2D eigenvalue weighted by Crippen LogP contribution is -2.52. The van der Waals surface area contributed by atoms with Gasteiger partial charge in [0.05, 0.1) is 32.5 Å². The molecule has 2 aliphatic rings. The second kappa shape index (κ2) is 12.2. The molecular weight excluding hydrogens is 458 g/mol. The predicted octanol–water partition coefficient (Wildman–Crippen LogP) is 1.98. The van der Waals surface area contributed by atoms with Gasteiger partial charge in [0.1, 0.15) is 11.7 Å². The molecule has 2 amide bonds. The number of allylic oxidation sites excluding steroid dienone is 1. The first-order valence-corrected chi connectivity index (χ1v) is 12.4. The second-order valence-corrected chi connectivity index (χ2v) is 9.46. The Hall–Kier alpha value is -3.20. The Labute approximate surface area is 211 Å². The fourth-order valence-corrected chi connectivity index (χ4v) is 5.01. The summed E-state index contributed by atoms with van der Waals surface area (Å²) in [6.07, 6.45) is 4.09. The molecule has 8 heteroatoms. The van der Waals surface area contributed by atoms with Crippen LogP contribution in [-0.2, 0) is 20.7 Å². The van der Waals surface area contributed by atoms with Crippen LogP contribution in [0.5, 0.6) is 5.75 Å². The topological polar surface area (TPSA) is 123 Å². The van der Waals surface area contributed by atoms with Crippen LogP contribution in [0.25, 0.3) is 0 Å². The maximum atomic E-state index is 13.0. The molecule has 2 aromatic carbocycles. The first-order valence-electron chi connectivity index (χ1n) is 12.4. The van der Waals surface area contributed by atoms with E-state index in [1.807, 2.05) is 48.5 Å². The van der Waals surface area contributed by atoms with Crippen molar-refractivity contribution in [3.05, 3.63) is 77.4 Å². The van der Waals surface area contributed by atoms with Crippen molar-refractivity contribution in [2.45, 2.75) is 43.4 Å². The van der Waals surface area contributed by atoms with E-state index in [4.69, 9.17) is 15.2 Å². The van der Waals surface area contributed by atoms with Crippen LogP contribution in [0.3, 0.4) is 0 Å². The summed E-state index contributed by atoms with van der Waals surface area (Å²) in [4.78, 5) is 25.1. The molecule has 4 rings (SSSR count). The van der Waals surface area contributed by atoms with Gasteiger partial charge in [0, 0.05) is 18.5 Å². The summed E-state index contributed by atoms with van der Waals surface area (Å²) in [5, 5.41) is 17.6. The van der Waals surface area contributed by atoms with E-state index in [1.54, 1.807) is 13.2 Å². The summed E-state index contributed by atoms with van der Waals surface area (Å²) in [6, 6.07) is 15.1. The fraction of sp³-hybridized carbons (Fsp3) is 0.429. The van der Waals surface area contributed by atoms with Gasteiger partial charge in [0.2, 0.25) is 11.8 Å². The zero-order valence-electron chi connectivity index (χ0n) is 20.6. The van der Waals surface area contributed by atoms with Gasteiger partial charge < -0.3 is 30.9 Å². The molecule has 5 atom stereocenters. The third kappa shape index (κ3) is 6.32. The lowest BCUT2D eigenvalue weighted by molar-refractivity contribution is -0.134. The fourth-order valence-electron chi connectivity index (χ4n) is 5.01. The largest absolute Gasteiger partial charge is 0.497 e. The van der Waals surface area contributed by atoms with E-state index in [1.165, 1.54) is 5.56 Å². The molecule has 1 aliphatic carbocycles. The normalized spacial score (nSPS) is 28.1. The molecule has 8 nitrogen and oxygen atoms in total. The number of carbonyl (C=O) groups excluding carboxylic acids is 2. The molecule has 1 heterocycles. The number of nitrogens with one attached hydrogen (secondary N) is 2. The maximum absolute atomic E-state index is 13.0. The molecular formula is C28H35N3O5. The van der Waals surface area contributed by atoms with E-state index in [-0.39, 0.29) is 24.9 Å². The number of aliphatic hydroxyl groups excluding tert-OH is 1. The molecule has 5 N–H and O–H groups in total. The van der Waals surface area contributed by atoms with Gasteiger partial charge in [-0.15, -0.1) is 0 Å². The van der Waals surface area contributed by atoms with Gasteiger partial charge >= 0.3 is 0 Å². The van der Waals surface area contributed by atoms with Crippen LogP contribution in [0.1, 0.15) is 41.5 Å². The third-order valence-electron chi connectivity index (χ3n) is 7.02. The van der Waals surface area contributed by atoms with Crippen LogP contribution in [0, 0.1) is 5.92 Å². The number of hydrogen-bond acceptors (Lipinski definition) is 6. The predicted molar refractivity (Wildman–Crippen MR) is 136 cm³/mol. The van der Waals surface area contributed by atoms with Gasteiger partial charge in [-0.05, 0) is 48.1 Å². The summed E-state index contributed by atoms with van der Waals surface area (Å²) >= 11 is 0. The lowest BCUT2D eigenvalue weighted by Gasteiger charge is -2.27. The van der Waals surface area contributed by atoms with Gasteiger partial charge in [0.25, 0.3) is 0 Å². The van der Waals surface area contributed by atoms with Crippen LogP contribution in [0.2, 0.25) is 0 Å². The SMILES string of the molecule is COc1ccc2c(c1)[C@@H]1C[C@@H]2COC/C=C\C[C@@H](C(N)=O)C(=O)N[C@@H](Cc2ccccc2)[C@H](O)CN1. The zero-order chi connectivity index (χ0) is 25.5. The number of ether oxygens (including phenoxy) is 2. The van der Waals surface area contributed by atoms with Gasteiger partial charge in [-0.1, -0.05) is 48.6 Å². The standard InChI is InChI=1S/C28H35N3O5/c1-35-20-10-11-21-19-14-24(23(21)15-20)30-16-26(32)25(13-18-7-3-2-4-8-18)31-28(34)22(27(29)33)9-5-6-12-36-17-19/h2-8,10-11,15,19,22,24-26,30,32H,9,12-14,16-17H2,1H3,(H2,29,33)(H,31,34)/b6-5-/t19-,22+,24+,25+,26-/m1/s1. The van der Waals surface area contributed by atoms with Crippen LogP contribution in [0.15, 0.2) is 60.7 Å². The lowest BCUT2D eigenvalue weighted by atomic mass is 9.97. The summed E-state index contributed by atoms with van der Waals surface area (Å²) in [6.45, 7) is 1.18. The molecule has 36 heavy (non-hydrogen) atoms. The molecule has 1 aliphatic heterocycles. The van der Waals surface area contributed by atoms with E-state index < -0.39 is 29.9 Å². The van der Waals surface area contributed by atoms with Crippen LogP contribution in [-0.4, -0.2) is 55.9 Å². The first-order chi connectivity index (χ1) is 17.5. The van der Waals surface area contributed by atoms with Crippen molar-refractivity contribution in [2.75, 3.05) is 26.9 Å². The third-order valence-corrected chi connectivity index (χ3v) is 7.02. The van der Waals surface area contributed by atoms with Crippen LogP contribution >= 0.6 is 0 Å². The van der Waals surface area contributed by atoms with Crippen molar-refractivity contribution in [1.29, 1.82) is 0 Å². The molecule has 2 aromatic rings. The van der Waals surface area contributed by atoms with Crippen LogP contribution < -0.4 is 21.1 Å². The Bertz CT molecular complexity index is 1070. The van der Waals surface area contributed by atoms with E-state index in [9.17, 15) is 14.7 Å². The first kappa shape index (κ1) is 25.9. The van der Waals surface area contributed by atoms with Gasteiger partial charge in [0.15, 0.2) is 0 Å². The Balaban J connectivity index is 1.60. The Kier molecular flexibility index (Phi) is 8.74. The molecule has 0 fully saturated rings. The van der Waals surface area contributed by atoms with E-state index in [0.29, 0.717) is 19.6 Å². The van der Waals surface area contributed by atoms with Crippen molar-refractivity contribution in [1.82, 2.24) is 10.6 Å². The minimum absolute atomic E-state index is 0.00763. The summed E-state index contributed by atoms with van der Waals surface area (Å²) in [5.74, 6) is -1.23. The number of amides is 2. The summed E-state index contributed by atoms with van der Waals surface area (Å²) < 4.78 is 11.3. The van der Waals surface area contributed by atoms with Crippen LogP contribution in [0.4, 0.5) is 0 Å². The highest BCUT2D eigenvalue weighted by molar-refractivity contribution is 5.99. The molecule has 0 radical (unpaired) electrons. The minimum atomic E-state index is -1.03. The van der Waals surface area contributed by atoms with Gasteiger partial charge in [-0.3, -0.25) is 9.59 Å². The average molecular weight is 494 g/mol. The highest BCUT2D eigenvalue weighted by atomic mass is 16.5. The molecule has 2 bridgehead atoms. The van der Waals surface area contributed by atoms with Gasteiger partial charge in [-0.25, -0.2) is 0 Å².